The van der Waals surface area contributed by atoms with Crippen molar-refractivity contribution in [2.75, 3.05) is 0 Å². The molecule has 4 rings (SSSR count). The fourth-order valence-electron chi connectivity index (χ4n) is 3.64. The first-order valence-corrected chi connectivity index (χ1v) is 7.89. The number of benzene rings is 1. The topological polar surface area (TPSA) is 109 Å². The largest absolute Gasteiger partial charge is 0.507 e. The van der Waals surface area contributed by atoms with Crippen LogP contribution < -0.4 is 0 Å². The third-order valence-electron chi connectivity index (χ3n) is 4.82. The number of phenolic OH excluding ortho intramolecular Hbond substituents is 2. The molecule has 6 nitrogen and oxygen atoms in total. The van der Waals surface area contributed by atoms with Gasteiger partial charge in [0.05, 0.1) is 17.4 Å². The van der Waals surface area contributed by atoms with Gasteiger partial charge in [0, 0.05) is 5.56 Å². The van der Waals surface area contributed by atoms with Gasteiger partial charge in [0.2, 0.25) is 0 Å². The van der Waals surface area contributed by atoms with Crippen LogP contribution >= 0.6 is 0 Å². The van der Waals surface area contributed by atoms with Crippen LogP contribution in [0.4, 0.5) is 0 Å². The molecule has 0 saturated heterocycles. The lowest BCUT2D eigenvalue weighted by molar-refractivity contribution is -0.135. The van der Waals surface area contributed by atoms with E-state index in [1.54, 1.807) is 0 Å². The fourth-order valence-corrected chi connectivity index (χ4v) is 3.64. The minimum atomic E-state index is -1.14. The summed E-state index contributed by atoms with van der Waals surface area (Å²) in [6.07, 6.45) is 7.52. The number of ketones is 4. The Bertz CT molecular complexity index is 1030. The molecule has 0 spiro atoms. The molecule has 1 aromatic carbocycles. The van der Waals surface area contributed by atoms with Gasteiger partial charge in [-0.3, -0.25) is 19.2 Å². The predicted octanol–water partition coefficient (Wildman–Crippen LogP) is 1.68. The van der Waals surface area contributed by atoms with Crippen LogP contribution in [-0.2, 0) is 14.4 Å². The molecule has 0 amide bonds. The Morgan fingerprint density at radius 2 is 1.15 bits per heavy atom. The highest BCUT2D eigenvalue weighted by atomic mass is 16.3. The Morgan fingerprint density at radius 3 is 1.81 bits per heavy atom. The van der Waals surface area contributed by atoms with E-state index in [0.29, 0.717) is 11.1 Å². The molecule has 2 unspecified atom stereocenters. The zero-order valence-electron chi connectivity index (χ0n) is 13.3. The van der Waals surface area contributed by atoms with E-state index in [4.69, 9.17) is 0 Å². The van der Waals surface area contributed by atoms with Crippen molar-refractivity contribution in [1.82, 2.24) is 0 Å². The number of carbonyl (C=O) groups excluding carboxylic acids is 4. The van der Waals surface area contributed by atoms with Gasteiger partial charge in [0.1, 0.15) is 11.5 Å². The predicted molar refractivity (Wildman–Crippen MR) is 90.4 cm³/mol. The molecule has 0 saturated carbocycles. The third kappa shape index (κ3) is 2.12. The maximum Gasteiger partial charge on any atom is 0.190 e. The Morgan fingerprint density at radius 1 is 0.615 bits per heavy atom. The van der Waals surface area contributed by atoms with Crippen LogP contribution in [0.2, 0.25) is 0 Å². The summed E-state index contributed by atoms with van der Waals surface area (Å²) in [6, 6.07) is 2.44. The molecule has 0 heterocycles. The number of hydrogen-bond donors (Lipinski definition) is 2. The Kier molecular flexibility index (Phi) is 3.37. The number of rotatable bonds is 0. The van der Waals surface area contributed by atoms with Gasteiger partial charge in [0.25, 0.3) is 0 Å². The smallest absolute Gasteiger partial charge is 0.190 e. The molecule has 3 aliphatic rings. The Hall–Kier alpha value is -3.54. The standard InChI is InChI=1S/C20H12O6/c21-11-5-7-15(25)19-13(23)3-1-9(17(11)19)10-2-4-14(24)20-16(26)8-6-12(22)18(10)20/h1-8,17,19,22,26H/b10-9+. The van der Waals surface area contributed by atoms with Gasteiger partial charge >= 0.3 is 0 Å². The number of phenols is 2. The second kappa shape index (κ2) is 5.49. The van der Waals surface area contributed by atoms with Crippen LogP contribution in [0, 0.1) is 11.8 Å². The van der Waals surface area contributed by atoms with Gasteiger partial charge in [-0.05, 0) is 47.6 Å². The fraction of sp³-hybridized carbons (Fsp3) is 0.100. The Balaban J connectivity index is 2.04. The van der Waals surface area contributed by atoms with E-state index in [2.05, 4.69) is 0 Å². The molecule has 3 aliphatic carbocycles. The van der Waals surface area contributed by atoms with E-state index in [0.717, 1.165) is 12.2 Å². The number of carbonyl (C=O) groups is 4. The molecule has 26 heavy (non-hydrogen) atoms. The van der Waals surface area contributed by atoms with E-state index in [1.807, 2.05) is 0 Å². The minimum absolute atomic E-state index is 0.0815. The van der Waals surface area contributed by atoms with Crippen LogP contribution in [0.3, 0.4) is 0 Å². The zero-order chi connectivity index (χ0) is 18.6. The lowest BCUT2D eigenvalue weighted by Crippen LogP contribution is -2.40. The van der Waals surface area contributed by atoms with Crippen molar-refractivity contribution in [3.05, 3.63) is 65.3 Å². The second-order valence-corrected chi connectivity index (χ2v) is 6.25. The van der Waals surface area contributed by atoms with Gasteiger partial charge in [-0.2, -0.15) is 0 Å². The number of allylic oxidation sites excluding steroid dienone is 8. The van der Waals surface area contributed by atoms with E-state index in [-0.39, 0.29) is 22.6 Å². The molecular formula is C20H12O6. The summed E-state index contributed by atoms with van der Waals surface area (Å²) >= 11 is 0. The van der Waals surface area contributed by atoms with Crippen molar-refractivity contribution in [2.24, 2.45) is 11.8 Å². The van der Waals surface area contributed by atoms with Gasteiger partial charge < -0.3 is 10.2 Å². The van der Waals surface area contributed by atoms with E-state index < -0.39 is 35.0 Å². The van der Waals surface area contributed by atoms with E-state index in [9.17, 15) is 29.4 Å². The normalized spacial score (nSPS) is 26.9. The summed E-state index contributed by atoms with van der Waals surface area (Å²) < 4.78 is 0. The highest BCUT2D eigenvalue weighted by molar-refractivity contribution is 6.22. The van der Waals surface area contributed by atoms with Crippen molar-refractivity contribution in [2.45, 2.75) is 0 Å². The molecule has 128 valence electrons. The van der Waals surface area contributed by atoms with Crippen LogP contribution in [0.25, 0.3) is 5.57 Å². The monoisotopic (exact) mass is 348 g/mol. The molecule has 6 heteroatoms. The molecule has 0 radical (unpaired) electrons. The van der Waals surface area contributed by atoms with Gasteiger partial charge in [-0.1, -0.05) is 12.2 Å². The maximum atomic E-state index is 12.4. The van der Waals surface area contributed by atoms with Crippen LogP contribution in [0.15, 0.2) is 54.2 Å². The molecular weight excluding hydrogens is 336 g/mol. The highest BCUT2D eigenvalue weighted by Gasteiger charge is 2.44. The number of aromatic hydroxyl groups is 2. The summed E-state index contributed by atoms with van der Waals surface area (Å²) in [4.78, 5) is 48.9. The van der Waals surface area contributed by atoms with Crippen molar-refractivity contribution >= 4 is 28.7 Å². The molecule has 0 aromatic heterocycles. The van der Waals surface area contributed by atoms with E-state index >= 15 is 0 Å². The van der Waals surface area contributed by atoms with Crippen molar-refractivity contribution in [3.63, 3.8) is 0 Å². The van der Waals surface area contributed by atoms with Crippen molar-refractivity contribution in [3.8, 4) is 11.5 Å². The first-order valence-electron chi connectivity index (χ1n) is 7.89. The highest BCUT2D eigenvalue weighted by Crippen LogP contribution is 2.44. The summed E-state index contributed by atoms with van der Waals surface area (Å²) in [6.45, 7) is 0. The SMILES string of the molecule is O=C1C=C/C(=C2/C=CC(=O)C3C(=O)C=CC(=O)C23)c2c(O)ccc(O)c21. The summed E-state index contributed by atoms with van der Waals surface area (Å²) in [5.74, 6) is -4.52. The van der Waals surface area contributed by atoms with Crippen molar-refractivity contribution < 1.29 is 29.4 Å². The van der Waals surface area contributed by atoms with Crippen LogP contribution in [-0.4, -0.2) is 33.3 Å². The second-order valence-electron chi connectivity index (χ2n) is 6.25. The molecule has 0 bridgehead atoms. The zero-order valence-corrected chi connectivity index (χ0v) is 13.3. The Labute approximate surface area is 147 Å². The average molecular weight is 348 g/mol. The average Bonchev–Trinajstić information content (AvgIpc) is 2.62. The minimum Gasteiger partial charge on any atom is -0.507 e. The maximum absolute atomic E-state index is 12.4. The first kappa shape index (κ1) is 16.0. The molecule has 1 aromatic rings. The quantitative estimate of drug-likeness (QED) is 0.545. The number of fused-ring (bicyclic) bond motifs is 2. The van der Waals surface area contributed by atoms with Gasteiger partial charge in [0.15, 0.2) is 23.1 Å². The lowest BCUT2D eigenvalue weighted by Gasteiger charge is -2.30. The van der Waals surface area contributed by atoms with Crippen LogP contribution in [0.5, 0.6) is 11.5 Å². The van der Waals surface area contributed by atoms with Gasteiger partial charge in [-0.15, -0.1) is 0 Å². The van der Waals surface area contributed by atoms with E-state index in [1.165, 1.54) is 36.4 Å². The van der Waals surface area contributed by atoms with Crippen LogP contribution in [0.1, 0.15) is 15.9 Å². The summed E-state index contributed by atoms with van der Waals surface area (Å²) in [5.41, 5.74) is 0.674. The first-order chi connectivity index (χ1) is 12.4. The van der Waals surface area contributed by atoms with Gasteiger partial charge in [-0.25, -0.2) is 0 Å². The summed E-state index contributed by atoms with van der Waals surface area (Å²) in [5, 5.41) is 20.3. The molecule has 0 aliphatic heterocycles. The third-order valence-corrected chi connectivity index (χ3v) is 4.82. The number of hydrogen-bond acceptors (Lipinski definition) is 6. The van der Waals surface area contributed by atoms with Crippen molar-refractivity contribution in [1.29, 1.82) is 0 Å². The molecule has 0 fully saturated rings. The molecule has 2 atom stereocenters. The molecule has 2 N–H and O–H groups in total. The summed E-state index contributed by atoms with van der Waals surface area (Å²) in [7, 11) is 0. The lowest BCUT2D eigenvalue weighted by atomic mass is 9.69.